The topological polar surface area (TPSA) is 49.0 Å². The van der Waals surface area contributed by atoms with Crippen LogP contribution in [0.25, 0.3) is 0 Å². The van der Waals surface area contributed by atoms with Crippen LogP contribution in [0.4, 0.5) is 0 Å². The fourth-order valence-electron chi connectivity index (χ4n) is 3.45. The molecule has 2 heterocycles. The van der Waals surface area contributed by atoms with Crippen molar-refractivity contribution in [3.63, 3.8) is 0 Å². The van der Waals surface area contributed by atoms with E-state index >= 15 is 0 Å². The summed E-state index contributed by atoms with van der Waals surface area (Å²) < 4.78 is 0. The van der Waals surface area contributed by atoms with Crippen molar-refractivity contribution in [2.45, 2.75) is 52.5 Å². The SMILES string of the molecule is Cc1cc(C)cc(C2CCCN2C(=O)c2cc(C(C)C)[nH]n2)c1. The number of nitrogens with one attached hydrogen (secondary N) is 1. The van der Waals surface area contributed by atoms with Crippen molar-refractivity contribution in [2.24, 2.45) is 0 Å². The highest BCUT2D eigenvalue weighted by atomic mass is 16.2. The fourth-order valence-corrected chi connectivity index (χ4v) is 3.45. The van der Waals surface area contributed by atoms with Gasteiger partial charge in [0.05, 0.1) is 6.04 Å². The Bertz CT molecular complexity index is 697. The number of carbonyl (C=O) groups is 1. The molecule has 1 aromatic heterocycles. The van der Waals surface area contributed by atoms with Crippen LogP contribution in [0.3, 0.4) is 0 Å². The molecule has 1 N–H and O–H groups in total. The first-order chi connectivity index (χ1) is 11.0. The van der Waals surface area contributed by atoms with Crippen molar-refractivity contribution in [3.8, 4) is 0 Å². The number of hydrogen-bond donors (Lipinski definition) is 1. The predicted molar refractivity (Wildman–Crippen MR) is 91.6 cm³/mol. The number of aryl methyl sites for hydroxylation is 2. The zero-order valence-electron chi connectivity index (χ0n) is 14.4. The van der Waals surface area contributed by atoms with E-state index in [1.54, 1.807) is 0 Å². The Morgan fingerprint density at radius 2 is 1.91 bits per heavy atom. The van der Waals surface area contributed by atoms with Crippen LogP contribution >= 0.6 is 0 Å². The van der Waals surface area contributed by atoms with Gasteiger partial charge in [0.15, 0.2) is 0 Å². The van der Waals surface area contributed by atoms with Crippen LogP contribution < -0.4 is 0 Å². The minimum Gasteiger partial charge on any atom is -0.330 e. The first-order valence-electron chi connectivity index (χ1n) is 8.40. The number of likely N-dealkylation sites (tertiary alicyclic amines) is 1. The second kappa shape index (κ2) is 6.19. The maximum Gasteiger partial charge on any atom is 0.274 e. The van der Waals surface area contributed by atoms with Crippen LogP contribution in [-0.2, 0) is 0 Å². The lowest BCUT2D eigenvalue weighted by Gasteiger charge is -2.25. The van der Waals surface area contributed by atoms with Crippen molar-refractivity contribution in [1.82, 2.24) is 15.1 Å². The Hall–Kier alpha value is -2.10. The van der Waals surface area contributed by atoms with Gasteiger partial charge in [-0.15, -0.1) is 0 Å². The molecule has 0 spiro atoms. The molecule has 1 amide bonds. The van der Waals surface area contributed by atoms with Gasteiger partial charge in [0, 0.05) is 12.2 Å². The van der Waals surface area contributed by atoms with Gasteiger partial charge in [-0.05, 0) is 44.2 Å². The number of H-pyrrole nitrogens is 1. The van der Waals surface area contributed by atoms with Crippen LogP contribution in [0.15, 0.2) is 24.3 Å². The number of aromatic nitrogens is 2. The van der Waals surface area contributed by atoms with Crippen molar-refractivity contribution < 1.29 is 4.79 Å². The van der Waals surface area contributed by atoms with E-state index in [1.165, 1.54) is 16.7 Å². The quantitative estimate of drug-likeness (QED) is 0.926. The summed E-state index contributed by atoms with van der Waals surface area (Å²) in [5.74, 6) is 0.382. The zero-order chi connectivity index (χ0) is 16.6. The van der Waals surface area contributed by atoms with Gasteiger partial charge in [-0.2, -0.15) is 5.10 Å². The molecule has 0 saturated carbocycles. The number of aromatic amines is 1. The lowest BCUT2D eigenvalue weighted by atomic mass is 9.99. The van der Waals surface area contributed by atoms with Gasteiger partial charge in [0.25, 0.3) is 5.91 Å². The highest BCUT2D eigenvalue weighted by Crippen LogP contribution is 2.34. The van der Waals surface area contributed by atoms with E-state index in [9.17, 15) is 4.79 Å². The Labute approximate surface area is 137 Å². The number of hydrogen-bond acceptors (Lipinski definition) is 2. The first-order valence-corrected chi connectivity index (χ1v) is 8.40. The van der Waals surface area contributed by atoms with E-state index in [1.807, 2.05) is 11.0 Å². The summed E-state index contributed by atoms with van der Waals surface area (Å²) in [5, 5.41) is 7.21. The molecule has 0 radical (unpaired) electrons. The minimum atomic E-state index is 0.0369. The summed E-state index contributed by atoms with van der Waals surface area (Å²) >= 11 is 0. The van der Waals surface area contributed by atoms with Crippen molar-refractivity contribution >= 4 is 5.91 Å². The standard InChI is InChI=1S/C19H25N3O/c1-12(2)16-11-17(21-20-16)19(23)22-7-5-6-18(22)15-9-13(3)8-14(4)10-15/h8-12,18H,5-7H2,1-4H3,(H,20,21). The molecule has 1 aliphatic heterocycles. The fraction of sp³-hybridized carbons (Fsp3) is 0.474. The Kier molecular flexibility index (Phi) is 4.24. The molecular weight excluding hydrogens is 286 g/mol. The third-order valence-electron chi connectivity index (χ3n) is 4.58. The second-order valence-electron chi connectivity index (χ2n) is 6.94. The normalized spacial score (nSPS) is 18.0. The molecule has 3 rings (SSSR count). The molecule has 1 unspecified atom stereocenters. The first kappa shape index (κ1) is 15.8. The summed E-state index contributed by atoms with van der Waals surface area (Å²) in [6.07, 6.45) is 2.07. The smallest absolute Gasteiger partial charge is 0.274 e. The number of rotatable bonds is 3. The van der Waals surface area contributed by atoms with Crippen LogP contribution in [0, 0.1) is 13.8 Å². The molecule has 1 atom stereocenters. The summed E-state index contributed by atoms with van der Waals surface area (Å²) in [4.78, 5) is 14.9. The Morgan fingerprint density at radius 1 is 1.22 bits per heavy atom. The molecule has 1 aliphatic rings. The summed E-state index contributed by atoms with van der Waals surface area (Å²) in [6, 6.07) is 8.64. The van der Waals surface area contributed by atoms with Gasteiger partial charge in [-0.25, -0.2) is 0 Å². The highest BCUT2D eigenvalue weighted by Gasteiger charge is 2.32. The number of carbonyl (C=O) groups excluding carboxylic acids is 1. The van der Waals surface area contributed by atoms with Gasteiger partial charge in [0.2, 0.25) is 0 Å². The largest absolute Gasteiger partial charge is 0.330 e. The van der Waals surface area contributed by atoms with Gasteiger partial charge < -0.3 is 4.90 Å². The van der Waals surface area contributed by atoms with E-state index in [0.717, 1.165) is 25.1 Å². The summed E-state index contributed by atoms with van der Waals surface area (Å²) in [6.45, 7) is 9.22. The van der Waals surface area contributed by atoms with E-state index < -0.39 is 0 Å². The number of nitrogens with zero attached hydrogens (tertiary/aromatic N) is 2. The number of amides is 1. The van der Waals surface area contributed by atoms with Gasteiger partial charge in [-0.1, -0.05) is 43.2 Å². The maximum absolute atomic E-state index is 12.9. The predicted octanol–water partition coefficient (Wildman–Crippen LogP) is 4.13. The lowest BCUT2D eigenvalue weighted by Crippen LogP contribution is -2.30. The molecule has 1 aromatic carbocycles. The molecule has 0 bridgehead atoms. The van der Waals surface area contributed by atoms with Crippen LogP contribution in [0.5, 0.6) is 0 Å². The van der Waals surface area contributed by atoms with Crippen LogP contribution in [0.2, 0.25) is 0 Å². The van der Waals surface area contributed by atoms with Crippen LogP contribution in [0.1, 0.15) is 71.5 Å². The molecule has 4 nitrogen and oxygen atoms in total. The third kappa shape index (κ3) is 3.16. The molecule has 23 heavy (non-hydrogen) atoms. The Morgan fingerprint density at radius 3 is 2.52 bits per heavy atom. The molecule has 1 saturated heterocycles. The molecule has 122 valence electrons. The summed E-state index contributed by atoms with van der Waals surface area (Å²) in [7, 11) is 0. The Balaban J connectivity index is 1.87. The van der Waals surface area contributed by atoms with Gasteiger partial charge in [0.1, 0.15) is 5.69 Å². The van der Waals surface area contributed by atoms with E-state index in [0.29, 0.717) is 11.6 Å². The number of benzene rings is 1. The molecule has 0 aliphatic carbocycles. The zero-order valence-corrected chi connectivity index (χ0v) is 14.4. The lowest BCUT2D eigenvalue weighted by molar-refractivity contribution is 0.0729. The van der Waals surface area contributed by atoms with Crippen LogP contribution in [-0.4, -0.2) is 27.5 Å². The van der Waals surface area contributed by atoms with E-state index in [4.69, 9.17) is 0 Å². The molecular formula is C19H25N3O. The monoisotopic (exact) mass is 311 g/mol. The average molecular weight is 311 g/mol. The minimum absolute atomic E-state index is 0.0369. The van der Waals surface area contributed by atoms with E-state index in [2.05, 4.69) is 56.1 Å². The van der Waals surface area contributed by atoms with E-state index in [-0.39, 0.29) is 11.9 Å². The van der Waals surface area contributed by atoms with Gasteiger partial charge >= 0.3 is 0 Å². The molecule has 2 aromatic rings. The maximum atomic E-state index is 12.9. The van der Waals surface area contributed by atoms with Crippen molar-refractivity contribution in [2.75, 3.05) is 6.54 Å². The molecule has 4 heteroatoms. The third-order valence-corrected chi connectivity index (χ3v) is 4.58. The summed E-state index contributed by atoms with van der Waals surface area (Å²) in [5.41, 5.74) is 5.29. The van der Waals surface area contributed by atoms with Gasteiger partial charge in [-0.3, -0.25) is 9.89 Å². The average Bonchev–Trinajstić information content (AvgIpc) is 3.15. The van der Waals surface area contributed by atoms with Crippen molar-refractivity contribution in [3.05, 3.63) is 52.3 Å². The molecule has 1 fully saturated rings. The highest BCUT2D eigenvalue weighted by molar-refractivity contribution is 5.93. The van der Waals surface area contributed by atoms with Crippen molar-refractivity contribution in [1.29, 1.82) is 0 Å². The second-order valence-corrected chi connectivity index (χ2v) is 6.94.